The SMILES string of the molecule is COC(=O)[C@@H]1Cc2ccccc2CN1CC(=O)NC(c1ccccc1)c1ccccc1. The quantitative estimate of drug-likeness (QED) is 0.628. The number of fused-ring (bicyclic) bond motifs is 1. The van der Waals surface area contributed by atoms with Crippen molar-refractivity contribution in [1.29, 1.82) is 0 Å². The van der Waals surface area contributed by atoms with Crippen molar-refractivity contribution >= 4 is 11.9 Å². The molecule has 3 aromatic carbocycles. The van der Waals surface area contributed by atoms with Gasteiger partial charge in [-0.1, -0.05) is 84.9 Å². The molecule has 0 aliphatic carbocycles. The second-order valence-corrected chi connectivity index (χ2v) is 7.74. The van der Waals surface area contributed by atoms with E-state index in [1.165, 1.54) is 7.11 Å². The van der Waals surface area contributed by atoms with Crippen LogP contribution in [0.1, 0.15) is 28.3 Å². The van der Waals surface area contributed by atoms with Crippen LogP contribution in [0.4, 0.5) is 0 Å². The Kier molecular flexibility index (Phi) is 6.43. The molecule has 0 saturated heterocycles. The molecule has 5 heteroatoms. The Morgan fingerprint density at radius 1 is 0.903 bits per heavy atom. The summed E-state index contributed by atoms with van der Waals surface area (Å²) >= 11 is 0. The summed E-state index contributed by atoms with van der Waals surface area (Å²) in [6, 6.07) is 27.1. The van der Waals surface area contributed by atoms with Crippen LogP contribution in [0.3, 0.4) is 0 Å². The molecule has 0 bridgehead atoms. The first kappa shape index (κ1) is 20.8. The predicted octanol–water partition coefficient (Wildman–Crippen LogP) is 3.49. The number of methoxy groups -OCH3 is 1. The van der Waals surface area contributed by atoms with Gasteiger partial charge in [0.05, 0.1) is 19.7 Å². The van der Waals surface area contributed by atoms with E-state index >= 15 is 0 Å². The lowest BCUT2D eigenvalue weighted by molar-refractivity contribution is -0.148. The topological polar surface area (TPSA) is 58.6 Å². The highest BCUT2D eigenvalue weighted by Crippen LogP contribution is 2.25. The fraction of sp³-hybridized carbons (Fsp3) is 0.231. The Balaban J connectivity index is 1.54. The van der Waals surface area contributed by atoms with Gasteiger partial charge in [0.15, 0.2) is 0 Å². The zero-order chi connectivity index (χ0) is 21.6. The molecular weight excluding hydrogens is 388 g/mol. The Labute approximate surface area is 182 Å². The average Bonchev–Trinajstić information content (AvgIpc) is 2.82. The van der Waals surface area contributed by atoms with Gasteiger partial charge in [0.25, 0.3) is 0 Å². The summed E-state index contributed by atoms with van der Waals surface area (Å²) in [5.74, 6) is -0.448. The molecule has 158 valence electrons. The monoisotopic (exact) mass is 414 g/mol. The first-order valence-corrected chi connectivity index (χ1v) is 10.4. The number of carbonyl (C=O) groups is 2. The van der Waals surface area contributed by atoms with E-state index in [9.17, 15) is 9.59 Å². The third-order valence-corrected chi connectivity index (χ3v) is 5.74. The minimum absolute atomic E-state index is 0.115. The van der Waals surface area contributed by atoms with Gasteiger partial charge < -0.3 is 10.1 Å². The van der Waals surface area contributed by atoms with Crippen molar-refractivity contribution in [1.82, 2.24) is 10.2 Å². The van der Waals surface area contributed by atoms with Crippen LogP contribution in [0.25, 0.3) is 0 Å². The molecule has 1 heterocycles. The summed E-state index contributed by atoms with van der Waals surface area (Å²) in [6.07, 6.45) is 0.539. The maximum atomic E-state index is 13.1. The molecule has 5 nitrogen and oxygen atoms in total. The Hall–Kier alpha value is -3.44. The molecule has 31 heavy (non-hydrogen) atoms. The van der Waals surface area contributed by atoms with Gasteiger partial charge in [0.1, 0.15) is 6.04 Å². The number of benzene rings is 3. The number of rotatable bonds is 6. The number of nitrogens with zero attached hydrogens (tertiary/aromatic N) is 1. The predicted molar refractivity (Wildman–Crippen MR) is 119 cm³/mol. The molecule has 0 radical (unpaired) electrons. The first-order chi connectivity index (χ1) is 15.2. The summed E-state index contributed by atoms with van der Waals surface area (Å²) < 4.78 is 5.02. The van der Waals surface area contributed by atoms with E-state index in [1.54, 1.807) is 0 Å². The molecule has 0 spiro atoms. The normalized spacial score (nSPS) is 15.9. The fourth-order valence-electron chi connectivity index (χ4n) is 4.15. The highest BCUT2D eigenvalue weighted by atomic mass is 16.5. The summed E-state index contributed by atoms with van der Waals surface area (Å²) in [6.45, 7) is 0.648. The third kappa shape index (κ3) is 4.84. The fourth-order valence-corrected chi connectivity index (χ4v) is 4.15. The van der Waals surface area contributed by atoms with Gasteiger partial charge in [-0.2, -0.15) is 0 Å². The van der Waals surface area contributed by atoms with Crippen LogP contribution < -0.4 is 5.32 Å². The van der Waals surface area contributed by atoms with Gasteiger partial charge in [0, 0.05) is 6.54 Å². The van der Waals surface area contributed by atoms with Crippen molar-refractivity contribution in [2.45, 2.75) is 25.0 Å². The molecule has 0 unspecified atom stereocenters. The molecule has 0 aromatic heterocycles. The molecule has 3 aromatic rings. The van der Waals surface area contributed by atoms with Gasteiger partial charge in [0.2, 0.25) is 5.91 Å². The largest absolute Gasteiger partial charge is 0.468 e. The average molecular weight is 415 g/mol. The molecule has 1 N–H and O–H groups in total. The van der Waals surface area contributed by atoms with Crippen molar-refractivity contribution in [3.8, 4) is 0 Å². The number of ether oxygens (including phenoxy) is 1. The van der Waals surface area contributed by atoms with Crippen LogP contribution in [0.15, 0.2) is 84.9 Å². The highest BCUT2D eigenvalue weighted by Gasteiger charge is 2.33. The van der Waals surface area contributed by atoms with Crippen LogP contribution in [0, 0.1) is 0 Å². The lowest BCUT2D eigenvalue weighted by Gasteiger charge is -2.35. The number of esters is 1. The standard InChI is InChI=1S/C26H26N2O3/c1-31-26(30)23-16-21-14-8-9-15-22(21)17-28(23)18-24(29)27-25(19-10-4-2-5-11-19)20-12-6-3-7-13-20/h2-15,23,25H,16-18H2,1H3,(H,27,29)/t23-/m0/s1. The van der Waals surface area contributed by atoms with Crippen molar-refractivity contribution in [2.24, 2.45) is 0 Å². The summed E-state index contributed by atoms with van der Waals surface area (Å²) in [7, 11) is 1.39. The van der Waals surface area contributed by atoms with Crippen molar-refractivity contribution in [3.05, 3.63) is 107 Å². The van der Waals surface area contributed by atoms with Crippen LogP contribution in [0.2, 0.25) is 0 Å². The molecule has 4 rings (SSSR count). The maximum absolute atomic E-state index is 13.1. The number of hydrogen-bond acceptors (Lipinski definition) is 4. The number of hydrogen-bond donors (Lipinski definition) is 1. The lowest BCUT2D eigenvalue weighted by atomic mass is 9.94. The number of carbonyl (C=O) groups excluding carboxylic acids is 2. The van der Waals surface area contributed by atoms with E-state index in [-0.39, 0.29) is 24.5 Å². The minimum atomic E-state index is -0.474. The molecular formula is C26H26N2O3. The summed E-state index contributed by atoms with van der Waals surface area (Å²) in [5, 5.41) is 3.17. The zero-order valence-electron chi connectivity index (χ0n) is 17.5. The second-order valence-electron chi connectivity index (χ2n) is 7.74. The van der Waals surface area contributed by atoms with E-state index in [2.05, 4.69) is 5.32 Å². The van der Waals surface area contributed by atoms with Crippen molar-refractivity contribution < 1.29 is 14.3 Å². The Morgan fingerprint density at radius 2 is 1.45 bits per heavy atom. The molecule has 0 saturated carbocycles. The van der Waals surface area contributed by atoms with Crippen LogP contribution >= 0.6 is 0 Å². The van der Waals surface area contributed by atoms with Gasteiger partial charge in [-0.15, -0.1) is 0 Å². The third-order valence-electron chi connectivity index (χ3n) is 5.74. The molecule has 1 amide bonds. The van der Waals surface area contributed by atoms with Gasteiger partial charge in [-0.25, -0.2) is 0 Å². The zero-order valence-corrected chi connectivity index (χ0v) is 17.5. The minimum Gasteiger partial charge on any atom is -0.468 e. The van der Waals surface area contributed by atoms with Crippen LogP contribution in [-0.4, -0.2) is 36.5 Å². The highest BCUT2D eigenvalue weighted by molar-refractivity contribution is 5.81. The molecule has 1 aliphatic rings. The van der Waals surface area contributed by atoms with E-state index < -0.39 is 6.04 Å². The van der Waals surface area contributed by atoms with E-state index in [4.69, 9.17) is 4.74 Å². The lowest BCUT2D eigenvalue weighted by Crippen LogP contribution is -2.50. The first-order valence-electron chi connectivity index (χ1n) is 10.4. The smallest absolute Gasteiger partial charge is 0.323 e. The summed E-state index contributed by atoms with van der Waals surface area (Å²) in [4.78, 5) is 27.5. The molecule has 1 atom stereocenters. The van der Waals surface area contributed by atoms with E-state index in [0.29, 0.717) is 13.0 Å². The second kappa shape index (κ2) is 9.58. The Morgan fingerprint density at radius 3 is 2.03 bits per heavy atom. The van der Waals surface area contributed by atoms with Crippen LogP contribution in [-0.2, 0) is 27.3 Å². The maximum Gasteiger partial charge on any atom is 0.323 e. The number of nitrogens with one attached hydrogen (secondary N) is 1. The number of amides is 1. The van der Waals surface area contributed by atoms with E-state index in [0.717, 1.165) is 22.3 Å². The van der Waals surface area contributed by atoms with Gasteiger partial charge >= 0.3 is 5.97 Å². The van der Waals surface area contributed by atoms with Crippen LogP contribution in [0.5, 0.6) is 0 Å². The van der Waals surface area contributed by atoms with Crippen molar-refractivity contribution in [2.75, 3.05) is 13.7 Å². The molecule has 1 aliphatic heterocycles. The van der Waals surface area contributed by atoms with Gasteiger partial charge in [-0.05, 0) is 28.7 Å². The summed E-state index contributed by atoms with van der Waals surface area (Å²) in [5.41, 5.74) is 4.28. The molecule has 0 fully saturated rings. The Bertz CT molecular complexity index is 997. The van der Waals surface area contributed by atoms with E-state index in [1.807, 2.05) is 89.8 Å². The van der Waals surface area contributed by atoms with Gasteiger partial charge in [-0.3, -0.25) is 14.5 Å². The van der Waals surface area contributed by atoms with Crippen molar-refractivity contribution in [3.63, 3.8) is 0 Å².